The summed E-state index contributed by atoms with van der Waals surface area (Å²) in [5.74, 6) is 0.877. The number of ether oxygens (including phenoxy) is 2. The number of nitrogens with one attached hydrogen (secondary N) is 1. The van der Waals surface area contributed by atoms with Gasteiger partial charge in [-0.05, 0) is 43.7 Å². The van der Waals surface area contributed by atoms with Crippen LogP contribution in [0, 0.1) is 0 Å². The van der Waals surface area contributed by atoms with Crippen LogP contribution in [0.15, 0.2) is 51.7 Å². The Balaban J connectivity index is 1.60. The van der Waals surface area contributed by atoms with Crippen LogP contribution in [0.25, 0.3) is 11.1 Å². The fraction of sp³-hybridized carbons (Fsp3) is 0.333. The monoisotopic (exact) mass is 384 g/mol. The minimum atomic E-state index is -0.406. The van der Waals surface area contributed by atoms with E-state index >= 15 is 0 Å². The van der Waals surface area contributed by atoms with E-state index in [9.17, 15) is 9.59 Å². The Bertz CT molecular complexity index is 1020. The molecule has 1 N–H and O–H groups in total. The largest absolute Gasteiger partial charge is 0.497 e. The van der Waals surface area contributed by atoms with Gasteiger partial charge in [-0.1, -0.05) is 12.1 Å². The Morgan fingerprint density at radius 3 is 2.71 bits per heavy atom. The summed E-state index contributed by atoms with van der Waals surface area (Å²) in [6.07, 6.45) is 0.819. The quantitative estimate of drug-likeness (QED) is 0.644. The Morgan fingerprint density at radius 1 is 1.18 bits per heavy atom. The van der Waals surface area contributed by atoms with E-state index < -0.39 is 5.76 Å². The topological polar surface area (TPSA) is 82.7 Å². The predicted molar refractivity (Wildman–Crippen MR) is 106 cm³/mol. The lowest BCUT2D eigenvalue weighted by Gasteiger charge is -2.18. The fourth-order valence-corrected chi connectivity index (χ4v) is 3.19. The standard InChI is InChI=1S/C21H24N2O5/c1-14(16-13-15(26-2)10-11-18(16)27-3)22-20(24)9-6-12-23-17-7-4-5-8-19(17)28-21(23)25/h4-5,7-8,10-11,13-14H,6,9,12H2,1-3H3,(H,22,24). The number of hydrogen-bond donors (Lipinski definition) is 1. The Kier molecular flexibility index (Phi) is 6.03. The molecule has 3 rings (SSSR count). The van der Waals surface area contributed by atoms with Gasteiger partial charge in [0.2, 0.25) is 5.91 Å². The van der Waals surface area contributed by atoms with E-state index in [1.807, 2.05) is 43.3 Å². The maximum absolute atomic E-state index is 12.4. The van der Waals surface area contributed by atoms with Crippen molar-refractivity contribution in [3.05, 3.63) is 58.6 Å². The van der Waals surface area contributed by atoms with Crippen molar-refractivity contribution in [3.63, 3.8) is 0 Å². The molecule has 0 radical (unpaired) electrons. The molecule has 148 valence electrons. The molecular weight excluding hydrogens is 360 g/mol. The van der Waals surface area contributed by atoms with Crippen LogP contribution in [0.2, 0.25) is 0 Å². The number of amides is 1. The van der Waals surface area contributed by atoms with E-state index in [4.69, 9.17) is 13.9 Å². The number of oxazole rings is 1. The van der Waals surface area contributed by atoms with Gasteiger partial charge in [0.1, 0.15) is 11.5 Å². The second-order valence-electron chi connectivity index (χ2n) is 6.49. The van der Waals surface area contributed by atoms with Gasteiger partial charge in [-0.3, -0.25) is 9.36 Å². The first-order valence-corrected chi connectivity index (χ1v) is 9.13. The minimum Gasteiger partial charge on any atom is -0.497 e. The molecule has 0 saturated carbocycles. The summed E-state index contributed by atoms with van der Waals surface area (Å²) in [6.45, 7) is 2.31. The molecule has 1 amide bonds. The van der Waals surface area contributed by atoms with Gasteiger partial charge in [0.25, 0.3) is 0 Å². The van der Waals surface area contributed by atoms with Crippen molar-refractivity contribution in [2.45, 2.75) is 32.4 Å². The summed E-state index contributed by atoms with van der Waals surface area (Å²) < 4.78 is 17.4. The molecule has 2 aromatic carbocycles. The van der Waals surface area contributed by atoms with E-state index in [0.29, 0.717) is 36.5 Å². The number of benzene rings is 2. The molecule has 28 heavy (non-hydrogen) atoms. The number of carbonyl (C=O) groups is 1. The molecule has 7 nitrogen and oxygen atoms in total. The average Bonchev–Trinajstić information content (AvgIpc) is 3.02. The smallest absolute Gasteiger partial charge is 0.419 e. The van der Waals surface area contributed by atoms with Gasteiger partial charge in [-0.25, -0.2) is 4.79 Å². The molecule has 0 saturated heterocycles. The van der Waals surface area contributed by atoms with Gasteiger partial charge in [-0.15, -0.1) is 0 Å². The van der Waals surface area contributed by atoms with Crippen molar-refractivity contribution in [1.82, 2.24) is 9.88 Å². The maximum Gasteiger partial charge on any atom is 0.419 e. The molecule has 7 heteroatoms. The van der Waals surface area contributed by atoms with Gasteiger partial charge < -0.3 is 19.2 Å². The first-order chi connectivity index (χ1) is 13.5. The number of rotatable bonds is 8. The third-order valence-electron chi connectivity index (χ3n) is 4.64. The van der Waals surface area contributed by atoms with E-state index in [1.165, 1.54) is 0 Å². The first-order valence-electron chi connectivity index (χ1n) is 9.13. The van der Waals surface area contributed by atoms with Gasteiger partial charge in [-0.2, -0.15) is 0 Å². The second kappa shape index (κ2) is 8.65. The number of fused-ring (bicyclic) bond motifs is 1. The average molecular weight is 384 g/mol. The zero-order valence-electron chi connectivity index (χ0n) is 16.2. The van der Waals surface area contributed by atoms with E-state index in [0.717, 1.165) is 11.1 Å². The van der Waals surface area contributed by atoms with Crippen molar-refractivity contribution in [1.29, 1.82) is 0 Å². The molecule has 0 aliphatic rings. The lowest BCUT2D eigenvalue weighted by atomic mass is 10.1. The molecule has 1 heterocycles. The van der Waals surface area contributed by atoms with Crippen LogP contribution in [-0.2, 0) is 11.3 Å². The van der Waals surface area contributed by atoms with Crippen molar-refractivity contribution in [3.8, 4) is 11.5 Å². The Morgan fingerprint density at radius 2 is 1.96 bits per heavy atom. The predicted octanol–water partition coefficient (Wildman–Crippen LogP) is 3.27. The van der Waals surface area contributed by atoms with Crippen LogP contribution < -0.4 is 20.5 Å². The highest BCUT2D eigenvalue weighted by Gasteiger charge is 2.16. The number of carbonyl (C=O) groups excluding carboxylic acids is 1. The van der Waals surface area contributed by atoms with Crippen LogP contribution in [-0.4, -0.2) is 24.7 Å². The second-order valence-corrected chi connectivity index (χ2v) is 6.49. The van der Waals surface area contributed by atoms with Crippen LogP contribution in [0.4, 0.5) is 0 Å². The van der Waals surface area contributed by atoms with Gasteiger partial charge in [0.05, 0.1) is 25.8 Å². The molecule has 1 aromatic heterocycles. The number of aromatic nitrogens is 1. The van der Waals surface area contributed by atoms with Crippen LogP contribution >= 0.6 is 0 Å². The summed E-state index contributed by atoms with van der Waals surface area (Å²) in [5, 5.41) is 2.97. The molecule has 1 atom stereocenters. The number of aryl methyl sites for hydroxylation is 1. The SMILES string of the molecule is COc1ccc(OC)c(C(C)NC(=O)CCCn2c(=O)oc3ccccc32)c1. The van der Waals surface area contributed by atoms with Crippen molar-refractivity contribution >= 4 is 17.0 Å². The van der Waals surface area contributed by atoms with Crippen LogP contribution in [0.1, 0.15) is 31.4 Å². The van der Waals surface area contributed by atoms with E-state index in [1.54, 1.807) is 24.9 Å². The Labute approximate surface area is 162 Å². The minimum absolute atomic E-state index is 0.0989. The van der Waals surface area contributed by atoms with Gasteiger partial charge >= 0.3 is 5.76 Å². The first kappa shape index (κ1) is 19.5. The van der Waals surface area contributed by atoms with Gasteiger partial charge in [0.15, 0.2) is 5.58 Å². The van der Waals surface area contributed by atoms with Crippen LogP contribution in [0.5, 0.6) is 11.5 Å². The number of nitrogens with zero attached hydrogens (tertiary/aromatic N) is 1. The molecule has 0 aliphatic carbocycles. The summed E-state index contributed by atoms with van der Waals surface area (Å²) in [5.41, 5.74) is 2.13. The number of methoxy groups -OCH3 is 2. The summed E-state index contributed by atoms with van der Waals surface area (Å²) in [4.78, 5) is 24.3. The maximum atomic E-state index is 12.4. The van der Waals surface area contributed by atoms with Crippen molar-refractivity contribution < 1.29 is 18.7 Å². The Hall–Kier alpha value is -3.22. The van der Waals surface area contributed by atoms with Gasteiger partial charge in [0, 0.05) is 18.5 Å². The highest BCUT2D eigenvalue weighted by molar-refractivity contribution is 5.76. The fourth-order valence-electron chi connectivity index (χ4n) is 3.19. The molecule has 0 bridgehead atoms. The summed E-state index contributed by atoms with van der Waals surface area (Å²) >= 11 is 0. The third kappa shape index (κ3) is 4.19. The number of hydrogen-bond acceptors (Lipinski definition) is 5. The lowest BCUT2D eigenvalue weighted by molar-refractivity contribution is -0.121. The molecule has 0 aliphatic heterocycles. The van der Waals surface area contributed by atoms with E-state index in [-0.39, 0.29) is 11.9 Å². The summed E-state index contributed by atoms with van der Waals surface area (Å²) in [7, 11) is 3.18. The molecule has 0 spiro atoms. The van der Waals surface area contributed by atoms with E-state index in [2.05, 4.69) is 5.32 Å². The highest BCUT2D eigenvalue weighted by Crippen LogP contribution is 2.29. The third-order valence-corrected chi connectivity index (χ3v) is 4.64. The zero-order chi connectivity index (χ0) is 20.1. The highest BCUT2D eigenvalue weighted by atomic mass is 16.5. The molecule has 0 fully saturated rings. The lowest BCUT2D eigenvalue weighted by Crippen LogP contribution is -2.27. The molecule has 3 aromatic rings. The number of para-hydroxylation sites is 2. The normalized spacial score (nSPS) is 12.0. The molecular formula is C21H24N2O5. The summed E-state index contributed by atoms with van der Waals surface area (Å²) in [6, 6.07) is 12.5. The van der Waals surface area contributed by atoms with Crippen LogP contribution in [0.3, 0.4) is 0 Å². The van der Waals surface area contributed by atoms with Crippen molar-refractivity contribution in [2.75, 3.05) is 14.2 Å². The van der Waals surface area contributed by atoms with Crippen molar-refractivity contribution in [2.24, 2.45) is 0 Å². The molecule has 1 unspecified atom stereocenters. The zero-order valence-corrected chi connectivity index (χ0v) is 16.2.